The highest BCUT2D eigenvalue weighted by Gasteiger charge is 2.10. The molecule has 0 saturated heterocycles. The van der Waals surface area contributed by atoms with E-state index >= 15 is 0 Å². The largest absolute Gasteiger partial charge is 0.488 e. The molecule has 5 heteroatoms. The molecule has 1 N–H and O–H groups in total. The van der Waals surface area contributed by atoms with Crippen molar-refractivity contribution in [3.8, 4) is 5.75 Å². The van der Waals surface area contributed by atoms with Crippen LogP contribution < -0.4 is 10.1 Å². The van der Waals surface area contributed by atoms with E-state index in [9.17, 15) is 13.2 Å². The lowest BCUT2D eigenvalue weighted by Gasteiger charge is -2.12. The first-order valence-corrected chi connectivity index (χ1v) is 6.10. The Bertz CT molecular complexity index is 602. The fourth-order valence-electron chi connectivity index (χ4n) is 1.83. The molecule has 0 spiro atoms. The van der Waals surface area contributed by atoms with Crippen molar-refractivity contribution in [2.45, 2.75) is 13.2 Å². The fourth-order valence-corrected chi connectivity index (χ4v) is 1.83. The van der Waals surface area contributed by atoms with Crippen LogP contribution in [-0.2, 0) is 13.2 Å². The first-order chi connectivity index (χ1) is 9.61. The SMILES string of the molecule is CNCc1cc(F)ccc1OCc1cccc(F)c1F. The van der Waals surface area contributed by atoms with Crippen molar-refractivity contribution in [2.24, 2.45) is 0 Å². The van der Waals surface area contributed by atoms with E-state index in [4.69, 9.17) is 4.74 Å². The highest BCUT2D eigenvalue weighted by molar-refractivity contribution is 5.34. The molecule has 0 heterocycles. The molecule has 0 aliphatic rings. The highest BCUT2D eigenvalue weighted by Crippen LogP contribution is 2.22. The minimum atomic E-state index is -0.926. The van der Waals surface area contributed by atoms with Gasteiger partial charge in [-0.05, 0) is 31.3 Å². The van der Waals surface area contributed by atoms with Gasteiger partial charge in [-0.1, -0.05) is 12.1 Å². The van der Waals surface area contributed by atoms with Gasteiger partial charge >= 0.3 is 0 Å². The molecule has 2 aromatic rings. The lowest BCUT2D eigenvalue weighted by molar-refractivity contribution is 0.293. The Kier molecular flexibility index (Phi) is 4.63. The quantitative estimate of drug-likeness (QED) is 0.907. The Morgan fingerprint density at radius 3 is 2.60 bits per heavy atom. The van der Waals surface area contributed by atoms with Crippen LogP contribution in [0.25, 0.3) is 0 Å². The average molecular weight is 281 g/mol. The Morgan fingerprint density at radius 1 is 1.05 bits per heavy atom. The number of halogens is 3. The van der Waals surface area contributed by atoms with E-state index in [1.165, 1.54) is 30.3 Å². The van der Waals surface area contributed by atoms with Crippen LogP contribution in [0.5, 0.6) is 5.75 Å². The molecule has 0 bridgehead atoms. The maximum atomic E-state index is 13.5. The van der Waals surface area contributed by atoms with Gasteiger partial charge in [-0.25, -0.2) is 13.2 Å². The second-order valence-electron chi connectivity index (χ2n) is 4.28. The normalized spacial score (nSPS) is 10.6. The van der Waals surface area contributed by atoms with Crippen molar-refractivity contribution in [1.82, 2.24) is 5.32 Å². The molecule has 0 amide bonds. The van der Waals surface area contributed by atoms with Crippen LogP contribution in [0.15, 0.2) is 36.4 Å². The molecule has 106 valence electrons. The molecule has 0 atom stereocenters. The van der Waals surface area contributed by atoms with Crippen LogP contribution in [0.2, 0.25) is 0 Å². The standard InChI is InChI=1S/C15H14F3NO/c1-19-8-11-7-12(16)5-6-14(11)20-9-10-3-2-4-13(17)15(10)18/h2-7,19H,8-9H2,1H3. The maximum Gasteiger partial charge on any atom is 0.165 e. The van der Waals surface area contributed by atoms with Gasteiger partial charge in [-0.2, -0.15) is 0 Å². The Balaban J connectivity index is 2.16. The third-order valence-electron chi connectivity index (χ3n) is 2.80. The van der Waals surface area contributed by atoms with Crippen LogP contribution in [0.3, 0.4) is 0 Å². The molecule has 20 heavy (non-hydrogen) atoms. The highest BCUT2D eigenvalue weighted by atomic mass is 19.2. The third kappa shape index (κ3) is 3.30. The summed E-state index contributed by atoms with van der Waals surface area (Å²) in [6, 6.07) is 7.97. The molecule has 0 aromatic heterocycles. The van der Waals surface area contributed by atoms with Gasteiger partial charge in [0, 0.05) is 17.7 Å². The summed E-state index contributed by atoms with van der Waals surface area (Å²) in [6.45, 7) is 0.296. The molecule has 0 aliphatic heterocycles. The molecule has 0 unspecified atom stereocenters. The predicted octanol–water partition coefficient (Wildman–Crippen LogP) is 3.40. The zero-order valence-corrected chi connectivity index (χ0v) is 10.9. The van der Waals surface area contributed by atoms with Crippen molar-refractivity contribution in [3.05, 3.63) is 65.0 Å². The summed E-state index contributed by atoms with van der Waals surface area (Å²) in [5.74, 6) is -1.78. The van der Waals surface area contributed by atoms with Crippen molar-refractivity contribution in [1.29, 1.82) is 0 Å². The summed E-state index contributed by atoms with van der Waals surface area (Å²) in [5, 5.41) is 2.89. The van der Waals surface area contributed by atoms with E-state index in [0.717, 1.165) is 6.07 Å². The van der Waals surface area contributed by atoms with Crippen LogP contribution >= 0.6 is 0 Å². The predicted molar refractivity (Wildman–Crippen MR) is 69.9 cm³/mol. The second-order valence-corrected chi connectivity index (χ2v) is 4.28. The number of ether oxygens (including phenoxy) is 1. The average Bonchev–Trinajstić information content (AvgIpc) is 2.42. The summed E-state index contributed by atoms with van der Waals surface area (Å²) < 4.78 is 45.2. The van der Waals surface area contributed by atoms with Gasteiger partial charge in [-0.3, -0.25) is 0 Å². The molecule has 2 aromatic carbocycles. The number of nitrogens with one attached hydrogen (secondary N) is 1. The van der Waals surface area contributed by atoms with Crippen molar-refractivity contribution < 1.29 is 17.9 Å². The zero-order valence-electron chi connectivity index (χ0n) is 10.9. The van der Waals surface area contributed by atoms with Gasteiger partial charge in [0.1, 0.15) is 18.2 Å². The van der Waals surface area contributed by atoms with Crippen LogP contribution in [0, 0.1) is 17.5 Å². The van der Waals surface area contributed by atoms with Gasteiger partial charge in [0.25, 0.3) is 0 Å². The smallest absolute Gasteiger partial charge is 0.165 e. The molecular weight excluding hydrogens is 267 g/mol. The first-order valence-electron chi connectivity index (χ1n) is 6.10. The maximum absolute atomic E-state index is 13.5. The Hall–Kier alpha value is -2.01. The van der Waals surface area contributed by atoms with Gasteiger partial charge in [0.05, 0.1) is 0 Å². The van der Waals surface area contributed by atoms with E-state index in [1.54, 1.807) is 7.05 Å². The minimum absolute atomic E-state index is 0.115. The molecule has 0 fully saturated rings. The number of benzene rings is 2. The Morgan fingerprint density at radius 2 is 1.85 bits per heavy atom. The van der Waals surface area contributed by atoms with Crippen molar-refractivity contribution in [2.75, 3.05) is 7.05 Å². The number of rotatable bonds is 5. The molecule has 2 nitrogen and oxygen atoms in total. The lowest BCUT2D eigenvalue weighted by Crippen LogP contribution is -2.08. The van der Waals surface area contributed by atoms with Gasteiger partial charge in [0.2, 0.25) is 0 Å². The van der Waals surface area contributed by atoms with Crippen LogP contribution in [0.1, 0.15) is 11.1 Å². The molecule has 2 rings (SSSR count). The summed E-state index contributed by atoms with van der Waals surface area (Å²) in [5.41, 5.74) is 0.731. The zero-order chi connectivity index (χ0) is 14.5. The van der Waals surface area contributed by atoms with E-state index in [-0.39, 0.29) is 18.0 Å². The first kappa shape index (κ1) is 14.4. The molecule has 0 aliphatic carbocycles. The van der Waals surface area contributed by atoms with E-state index < -0.39 is 11.6 Å². The number of hydrogen-bond donors (Lipinski definition) is 1. The van der Waals surface area contributed by atoms with Crippen LogP contribution in [0.4, 0.5) is 13.2 Å². The summed E-state index contributed by atoms with van der Waals surface area (Å²) in [4.78, 5) is 0. The fraction of sp³-hybridized carbons (Fsp3) is 0.200. The van der Waals surface area contributed by atoms with E-state index in [0.29, 0.717) is 17.9 Å². The molecule has 0 radical (unpaired) electrons. The van der Waals surface area contributed by atoms with E-state index in [1.807, 2.05) is 0 Å². The summed E-state index contributed by atoms with van der Waals surface area (Å²) in [7, 11) is 1.72. The van der Waals surface area contributed by atoms with Crippen molar-refractivity contribution in [3.63, 3.8) is 0 Å². The monoisotopic (exact) mass is 281 g/mol. The van der Waals surface area contributed by atoms with Gasteiger partial charge in [-0.15, -0.1) is 0 Å². The minimum Gasteiger partial charge on any atom is -0.488 e. The Labute approximate surface area is 115 Å². The van der Waals surface area contributed by atoms with Crippen molar-refractivity contribution >= 4 is 0 Å². The molecule has 0 saturated carbocycles. The summed E-state index contributed by atoms with van der Waals surface area (Å²) >= 11 is 0. The topological polar surface area (TPSA) is 21.3 Å². The second kappa shape index (κ2) is 6.43. The lowest BCUT2D eigenvalue weighted by atomic mass is 10.2. The van der Waals surface area contributed by atoms with Gasteiger partial charge < -0.3 is 10.1 Å². The van der Waals surface area contributed by atoms with Crippen LogP contribution in [-0.4, -0.2) is 7.05 Å². The third-order valence-corrected chi connectivity index (χ3v) is 2.80. The summed E-state index contributed by atoms with van der Waals surface area (Å²) in [6.07, 6.45) is 0. The van der Waals surface area contributed by atoms with E-state index in [2.05, 4.69) is 5.32 Å². The van der Waals surface area contributed by atoms with Gasteiger partial charge in [0.15, 0.2) is 11.6 Å². The molecular formula is C15H14F3NO. The number of hydrogen-bond acceptors (Lipinski definition) is 2.